The first-order chi connectivity index (χ1) is 10.0. The van der Waals surface area contributed by atoms with E-state index in [1.807, 2.05) is 37.3 Å². The Balaban J connectivity index is 2.13. The van der Waals surface area contributed by atoms with E-state index in [0.717, 1.165) is 5.56 Å². The topological polar surface area (TPSA) is 66.6 Å². The monoisotopic (exact) mass is 305 g/mol. The van der Waals surface area contributed by atoms with Gasteiger partial charge in [-0.1, -0.05) is 42.5 Å². The fraction of sp³-hybridized carbons (Fsp3) is 0.400. The fourth-order valence-electron chi connectivity index (χ4n) is 2.42. The van der Waals surface area contributed by atoms with Crippen molar-refractivity contribution < 1.29 is 9.59 Å². The van der Waals surface area contributed by atoms with Gasteiger partial charge in [-0.25, -0.2) is 0 Å². The van der Waals surface area contributed by atoms with Crippen LogP contribution in [0.2, 0.25) is 0 Å². The Morgan fingerprint density at radius 3 is 2.33 bits per heavy atom. The summed E-state index contributed by atoms with van der Waals surface area (Å²) in [7, 11) is 0. The highest BCUT2D eigenvalue weighted by Crippen LogP contribution is 2.19. The molecule has 0 radical (unpaired) electrons. The van der Waals surface area contributed by atoms with Crippen molar-refractivity contribution in [1.29, 1.82) is 0 Å². The lowest BCUT2D eigenvalue weighted by Gasteiger charge is -2.35. The Morgan fingerprint density at radius 2 is 1.76 bits per heavy atom. The van der Waals surface area contributed by atoms with Crippen molar-refractivity contribution in [2.45, 2.75) is 12.8 Å². The molecule has 1 aliphatic rings. The van der Waals surface area contributed by atoms with Crippen LogP contribution in [0.5, 0.6) is 0 Å². The van der Waals surface area contributed by atoms with Gasteiger partial charge >= 0.3 is 0 Å². The molecule has 1 unspecified atom stereocenters. The molecule has 1 saturated heterocycles. The van der Waals surface area contributed by atoms with E-state index >= 15 is 0 Å². The van der Waals surface area contributed by atoms with Crippen LogP contribution in [0.15, 0.2) is 30.3 Å². The molecule has 1 aromatic rings. The molecule has 0 saturated carbocycles. The summed E-state index contributed by atoms with van der Waals surface area (Å²) in [6.07, 6.45) is 0. The standard InChI is InChI=1S/C15H19N3O2S/c1-2-17-9-14(20)18(10-13(17)19)8-12(15(16)21)11-6-4-3-5-7-11/h3-7,12H,2,8-10H2,1H3,(H2,16,21). The number of benzene rings is 1. The number of likely N-dealkylation sites (N-methyl/N-ethyl adjacent to an activating group) is 1. The summed E-state index contributed by atoms with van der Waals surface area (Å²) in [6, 6.07) is 9.58. The molecule has 0 aromatic heterocycles. The number of carbonyl (C=O) groups is 2. The van der Waals surface area contributed by atoms with Gasteiger partial charge < -0.3 is 15.5 Å². The number of nitrogens with zero attached hydrogens (tertiary/aromatic N) is 2. The second kappa shape index (κ2) is 6.67. The van der Waals surface area contributed by atoms with E-state index in [1.165, 1.54) is 0 Å². The minimum atomic E-state index is -0.230. The summed E-state index contributed by atoms with van der Waals surface area (Å²) in [6.45, 7) is 2.99. The second-order valence-corrected chi connectivity index (χ2v) is 5.52. The Kier molecular flexibility index (Phi) is 4.90. The molecule has 2 rings (SSSR count). The largest absolute Gasteiger partial charge is 0.393 e. The highest BCUT2D eigenvalue weighted by Gasteiger charge is 2.31. The average Bonchev–Trinajstić information content (AvgIpc) is 2.48. The maximum atomic E-state index is 12.1. The molecular weight excluding hydrogens is 286 g/mol. The van der Waals surface area contributed by atoms with Gasteiger partial charge in [0.15, 0.2) is 0 Å². The van der Waals surface area contributed by atoms with Crippen LogP contribution >= 0.6 is 12.2 Å². The molecular formula is C15H19N3O2S. The number of carbonyl (C=O) groups excluding carboxylic acids is 2. The van der Waals surface area contributed by atoms with Gasteiger partial charge in [-0.15, -0.1) is 0 Å². The molecule has 0 spiro atoms. The fourth-order valence-corrected chi connectivity index (χ4v) is 2.63. The van der Waals surface area contributed by atoms with Crippen LogP contribution in [-0.4, -0.2) is 52.8 Å². The minimum absolute atomic E-state index is 0.0353. The Morgan fingerprint density at radius 1 is 1.19 bits per heavy atom. The molecule has 1 heterocycles. The van der Waals surface area contributed by atoms with E-state index in [0.29, 0.717) is 18.1 Å². The molecule has 2 amide bonds. The highest BCUT2D eigenvalue weighted by atomic mass is 32.1. The van der Waals surface area contributed by atoms with Gasteiger partial charge in [0.05, 0.1) is 24.0 Å². The predicted octanol–water partition coefficient (Wildman–Crippen LogP) is 0.747. The molecule has 21 heavy (non-hydrogen) atoms. The normalized spacial score (nSPS) is 17.0. The lowest BCUT2D eigenvalue weighted by Crippen LogP contribution is -2.54. The van der Waals surface area contributed by atoms with Crippen molar-refractivity contribution in [3.05, 3.63) is 35.9 Å². The number of piperazine rings is 1. The zero-order valence-corrected chi connectivity index (χ0v) is 12.8. The number of thiocarbonyl (C=S) groups is 1. The van der Waals surface area contributed by atoms with Gasteiger partial charge in [-0.3, -0.25) is 9.59 Å². The van der Waals surface area contributed by atoms with Crippen LogP contribution in [-0.2, 0) is 9.59 Å². The summed E-state index contributed by atoms with van der Waals surface area (Å²) in [5.74, 6) is -0.327. The number of hydrogen-bond donors (Lipinski definition) is 1. The summed E-state index contributed by atoms with van der Waals surface area (Å²) in [5.41, 5.74) is 6.78. The van der Waals surface area contributed by atoms with Gasteiger partial charge in [0.25, 0.3) is 0 Å². The zero-order valence-electron chi connectivity index (χ0n) is 12.0. The van der Waals surface area contributed by atoms with E-state index in [2.05, 4.69) is 0 Å². The molecule has 1 aliphatic heterocycles. The van der Waals surface area contributed by atoms with Crippen LogP contribution in [0.25, 0.3) is 0 Å². The van der Waals surface area contributed by atoms with Crippen molar-refractivity contribution >= 4 is 29.0 Å². The van der Waals surface area contributed by atoms with Crippen molar-refractivity contribution in [3.8, 4) is 0 Å². The first-order valence-corrected chi connectivity index (χ1v) is 7.33. The Hall–Kier alpha value is -1.95. The van der Waals surface area contributed by atoms with Crippen LogP contribution in [0.1, 0.15) is 18.4 Å². The maximum absolute atomic E-state index is 12.1. The molecule has 0 aliphatic carbocycles. The Bertz CT molecular complexity index is 547. The third-order valence-electron chi connectivity index (χ3n) is 3.69. The molecule has 1 atom stereocenters. The molecule has 0 bridgehead atoms. The van der Waals surface area contributed by atoms with E-state index in [9.17, 15) is 9.59 Å². The smallest absolute Gasteiger partial charge is 0.242 e. The summed E-state index contributed by atoms with van der Waals surface area (Å²) in [5, 5.41) is 0. The third kappa shape index (κ3) is 3.58. The van der Waals surface area contributed by atoms with Gasteiger partial charge in [0, 0.05) is 13.1 Å². The number of amides is 2. The molecule has 6 heteroatoms. The van der Waals surface area contributed by atoms with Crippen LogP contribution in [0.3, 0.4) is 0 Å². The van der Waals surface area contributed by atoms with Gasteiger partial charge in [-0.2, -0.15) is 0 Å². The summed E-state index contributed by atoms with van der Waals surface area (Å²) < 4.78 is 0. The third-order valence-corrected chi connectivity index (χ3v) is 3.97. The van der Waals surface area contributed by atoms with Gasteiger partial charge in [0.1, 0.15) is 0 Å². The SMILES string of the molecule is CCN1CC(=O)N(CC(C(N)=S)c2ccccc2)CC1=O. The van der Waals surface area contributed by atoms with E-state index in [-0.39, 0.29) is 30.8 Å². The number of nitrogens with two attached hydrogens (primary N) is 1. The first kappa shape index (κ1) is 15.4. The summed E-state index contributed by atoms with van der Waals surface area (Å²) in [4.78, 5) is 27.5. The van der Waals surface area contributed by atoms with Crippen molar-refractivity contribution in [3.63, 3.8) is 0 Å². The molecule has 112 valence electrons. The van der Waals surface area contributed by atoms with Gasteiger partial charge in [-0.05, 0) is 12.5 Å². The minimum Gasteiger partial charge on any atom is -0.393 e. The van der Waals surface area contributed by atoms with E-state index < -0.39 is 0 Å². The van der Waals surface area contributed by atoms with Crippen molar-refractivity contribution in [2.24, 2.45) is 5.73 Å². The number of hydrogen-bond acceptors (Lipinski definition) is 3. The van der Waals surface area contributed by atoms with Crippen LogP contribution < -0.4 is 5.73 Å². The van der Waals surface area contributed by atoms with Gasteiger partial charge in [0.2, 0.25) is 11.8 Å². The highest BCUT2D eigenvalue weighted by molar-refractivity contribution is 7.80. The second-order valence-electron chi connectivity index (χ2n) is 5.05. The summed E-state index contributed by atoms with van der Waals surface area (Å²) >= 11 is 5.13. The predicted molar refractivity (Wildman–Crippen MR) is 84.8 cm³/mol. The van der Waals surface area contributed by atoms with E-state index in [4.69, 9.17) is 18.0 Å². The van der Waals surface area contributed by atoms with Crippen molar-refractivity contribution in [1.82, 2.24) is 9.80 Å². The quantitative estimate of drug-likeness (QED) is 0.815. The maximum Gasteiger partial charge on any atom is 0.242 e. The molecule has 1 aromatic carbocycles. The lowest BCUT2D eigenvalue weighted by atomic mass is 9.98. The first-order valence-electron chi connectivity index (χ1n) is 6.92. The molecule has 5 nitrogen and oxygen atoms in total. The van der Waals surface area contributed by atoms with E-state index in [1.54, 1.807) is 9.80 Å². The van der Waals surface area contributed by atoms with Crippen molar-refractivity contribution in [2.75, 3.05) is 26.2 Å². The molecule has 1 fully saturated rings. The van der Waals surface area contributed by atoms with Crippen LogP contribution in [0, 0.1) is 0 Å². The Labute approximate surface area is 129 Å². The van der Waals surface area contributed by atoms with Crippen LogP contribution in [0.4, 0.5) is 0 Å². The molecule has 2 N–H and O–H groups in total. The number of rotatable bonds is 5. The average molecular weight is 305 g/mol. The zero-order chi connectivity index (χ0) is 15.4. The lowest BCUT2D eigenvalue weighted by molar-refractivity contribution is -0.149.